The smallest absolute Gasteiger partial charge is 0.243 e. The fourth-order valence-electron chi connectivity index (χ4n) is 3.84. The highest BCUT2D eigenvalue weighted by Gasteiger charge is 2.32. The minimum Gasteiger partial charge on any atom is -0.309 e. The summed E-state index contributed by atoms with van der Waals surface area (Å²) in [6.45, 7) is 3.07. The number of rotatable bonds is 6. The van der Waals surface area contributed by atoms with Gasteiger partial charge < -0.3 is 5.32 Å². The number of carbonyl (C=O) groups is 1. The Hall–Kier alpha value is -2.39. The Labute approximate surface area is 203 Å². The predicted octanol–water partition coefficient (Wildman–Crippen LogP) is 4.59. The molecule has 7 nitrogen and oxygen atoms in total. The third kappa shape index (κ3) is 5.58. The van der Waals surface area contributed by atoms with Gasteiger partial charge in [-0.2, -0.15) is 9.40 Å². The number of anilines is 1. The Morgan fingerprint density at radius 3 is 2.21 bits per heavy atom. The molecule has 1 aromatic heterocycles. The van der Waals surface area contributed by atoms with Crippen LogP contribution in [0.3, 0.4) is 0 Å². The number of sulfonamides is 1. The molecule has 1 fully saturated rings. The first kappa shape index (κ1) is 23.8. The number of halogens is 2. The number of nitrogens with zero attached hydrogens (tertiary/aromatic N) is 3. The molecule has 0 saturated carbocycles. The molecule has 0 unspecified atom stereocenters. The van der Waals surface area contributed by atoms with Crippen molar-refractivity contribution in [3.63, 3.8) is 0 Å². The maximum atomic E-state index is 12.8. The van der Waals surface area contributed by atoms with Gasteiger partial charge in [0.2, 0.25) is 15.9 Å². The largest absolute Gasteiger partial charge is 0.309 e. The van der Waals surface area contributed by atoms with Crippen molar-refractivity contribution in [2.24, 2.45) is 5.92 Å². The minimum absolute atomic E-state index is 0.144. The normalized spacial score (nSPS) is 15.5. The summed E-state index contributed by atoms with van der Waals surface area (Å²) >= 11 is 11.8. The molecule has 1 aliphatic rings. The molecular formula is C23H24Cl2N4O3S. The molecule has 3 aromatic rings. The predicted molar refractivity (Wildman–Crippen MR) is 129 cm³/mol. The van der Waals surface area contributed by atoms with E-state index in [4.69, 9.17) is 23.2 Å². The summed E-state index contributed by atoms with van der Waals surface area (Å²) in [5.41, 5.74) is 1.97. The number of hydrogen-bond acceptors (Lipinski definition) is 4. The van der Waals surface area contributed by atoms with Crippen molar-refractivity contribution >= 4 is 45.0 Å². The summed E-state index contributed by atoms with van der Waals surface area (Å²) in [5.74, 6) is 0.0701. The average molecular weight is 507 g/mol. The highest BCUT2D eigenvalue weighted by Crippen LogP contribution is 2.26. The van der Waals surface area contributed by atoms with Gasteiger partial charge in [0.1, 0.15) is 0 Å². The molecule has 2 aromatic carbocycles. The Morgan fingerprint density at radius 2 is 1.61 bits per heavy atom. The van der Waals surface area contributed by atoms with Crippen molar-refractivity contribution in [2.45, 2.75) is 31.2 Å². The highest BCUT2D eigenvalue weighted by atomic mass is 35.5. The van der Waals surface area contributed by atoms with E-state index < -0.39 is 10.0 Å². The molecule has 33 heavy (non-hydrogen) atoms. The Balaban J connectivity index is 1.35. The fraction of sp³-hybridized carbons (Fsp3) is 0.304. The van der Waals surface area contributed by atoms with Gasteiger partial charge in [0.15, 0.2) is 5.82 Å². The first-order valence-corrected chi connectivity index (χ1v) is 12.8. The molecule has 0 aliphatic carbocycles. The van der Waals surface area contributed by atoms with Gasteiger partial charge in [0, 0.05) is 40.8 Å². The van der Waals surface area contributed by atoms with Crippen molar-refractivity contribution in [2.75, 3.05) is 18.4 Å². The minimum atomic E-state index is -3.60. The number of piperidine rings is 1. The van der Waals surface area contributed by atoms with Gasteiger partial charge in [-0.3, -0.25) is 9.48 Å². The maximum absolute atomic E-state index is 12.8. The summed E-state index contributed by atoms with van der Waals surface area (Å²) in [7, 11) is -3.60. The molecule has 174 valence electrons. The van der Waals surface area contributed by atoms with Crippen LogP contribution in [-0.4, -0.2) is 41.5 Å². The third-order valence-corrected chi connectivity index (χ3v) is 8.17. The van der Waals surface area contributed by atoms with Crippen LogP contribution in [0.1, 0.15) is 24.1 Å². The van der Waals surface area contributed by atoms with E-state index in [9.17, 15) is 13.2 Å². The number of hydrogen-bond donors (Lipinski definition) is 1. The summed E-state index contributed by atoms with van der Waals surface area (Å²) in [6.07, 6.45) is 0.895. The van der Waals surface area contributed by atoms with Gasteiger partial charge >= 0.3 is 0 Å². The Kier molecular flexibility index (Phi) is 7.09. The lowest BCUT2D eigenvalue weighted by molar-refractivity contribution is -0.120. The lowest BCUT2D eigenvalue weighted by atomic mass is 9.97. The topological polar surface area (TPSA) is 84.3 Å². The quantitative estimate of drug-likeness (QED) is 0.529. The number of carbonyl (C=O) groups excluding carboxylic acids is 1. The first-order valence-electron chi connectivity index (χ1n) is 10.6. The second kappa shape index (κ2) is 9.85. The number of aryl methyl sites for hydroxylation is 1. The summed E-state index contributed by atoms with van der Waals surface area (Å²) in [6, 6.07) is 15.5. The van der Waals surface area contributed by atoms with Crippen LogP contribution in [0.5, 0.6) is 0 Å². The monoisotopic (exact) mass is 506 g/mol. The molecule has 0 spiro atoms. The van der Waals surface area contributed by atoms with Gasteiger partial charge in [0.25, 0.3) is 0 Å². The van der Waals surface area contributed by atoms with Crippen molar-refractivity contribution in [1.29, 1.82) is 0 Å². The molecule has 2 heterocycles. The van der Waals surface area contributed by atoms with Crippen molar-refractivity contribution in [3.05, 3.63) is 75.9 Å². The second-order valence-corrected chi connectivity index (χ2v) is 10.9. The Morgan fingerprint density at radius 1 is 1.03 bits per heavy atom. The van der Waals surface area contributed by atoms with Gasteiger partial charge in [-0.05, 0) is 61.7 Å². The van der Waals surface area contributed by atoms with Gasteiger partial charge in [0.05, 0.1) is 11.4 Å². The number of amides is 1. The molecule has 0 atom stereocenters. The molecule has 0 radical (unpaired) electrons. The third-order valence-electron chi connectivity index (χ3n) is 5.75. The average Bonchev–Trinajstić information content (AvgIpc) is 3.14. The first-order chi connectivity index (χ1) is 15.7. The van der Waals surface area contributed by atoms with Crippen LogP contribution in [0.2, 0.25) is 10.0 Å². The molecule has 0 bridgehead atoms. The van der Waals surface area contributed by atoms with Crippen LogP contribution >= 0.6 is 23.2 Å². The highest BCUT2D eigenvalue weighted by molar-refractivity contribution is 7.89. The van der Waals surface area contributed by atoms with Gasteiger partial charge in [-0.1, -0.05) is 35.3 Å². The fourth-order valence-corrected chi connectivity index (χ4v) is 5.56. The van der Waals surface area contributed by atoms with Gasteiger partial charge in [-0.15, -0.1) is 0 Å². The van der Waals surface area contributed by atoms with E-state index in [1.807, 2.05) is 41.9 Å². The maximum Gasteiger partial charge on any atom is 0.243 e. The number of nitrogens with one attached hydrogen (secondary N) is 1. The van der Waals surface area contributed by atoms with Crippen LogP contribution in [-0.2, 0) is 21.4 Å². The van der Waals surface area contributed by atoms with E-state index in [2.05, 4.69) is 10.4 Å². The lowest BCUT2D eigenvalue weighted by Gasteiger charge is -2.30. The summed E-state index contributed by atoms with van der Waals surface area (Å²) in [4.78, 5) is 13.0. The standard InChI is InChI=1S/C23H24Cl2N4O3S/c1-16-14-22(27-29(16)15-17-2-4-19(24)5-3-17)26-23(30)18-10-12-28(13-11-18)33(31,32)21-8-6-20(25)7-9-21/h2-9,14,18H,10-13,15H2,1H3,(H,26,27,30). The zero-order valence-corrected chi connectivity index (χ0v) is 20.4. The summed E-state index contributed by atoms with van der Waals surface area (Å²) < 4.78 is 28.9. The Bertz CT molecular complexity index is 1230. The molecule has 10 heteroatoms. The van der Waals surface area contributed by atoms with Crippen molar-refractivity contribution < 1.29 is 13.2 Å². The zero-order chi connectivity index (χ0) is 23.6. The second-order valence-electron chi connectivity index (χ2n) is 8.08. The number of aromatic nitrogens is 2. The molecule has 1 N–H and O–H groups in total. The van der Waals surface area contributed by atoms with Crippen LogP contribution in [0.25, 0.3) is 0 Å². The molecular weight excluding hydrogens is 483 g/mol. The lowest BCUT2D eigenvalue weighted by Crippen LogP contribution is -2.41. The SMILES string of the molecule is Cc1cc(NC(=O)C2CCN(S(=O)(=O)c3ccc(Cl)cc3)CC2)nn1Cc1ccc(Cl)cc1. The van der Waals surface area contributed by atoms with E-state index in [1.54, 1.807) is 12.1 Å². The van der Waals surface area contributed by atoms with Crippen molar-refractivity contribution in [1.82, 2.24) is 14.1 Å². The van der Waals surface area contributed by atoms with E-state index in [1.165, 1.54) is 16.4 Å². The molecule has 1 amide bonds. The van der Waals surface area contributed by atoms with E-state index in [-0.39, 0.29) is 29.8 Å². The molecule has 4 rings (SSSR count). The van der Waals surface area contributed by atoms with E-state index in [0.29, 0.717) is 35.2 Å². The van der Waals surface area contributed by atoms with Crippen LogP contribution in [0.15, 0.2) is 59.5 Å². The zero-order valence-electron chi connectivity index (χ0n) is 18.0. The molecule has 1 aliphatic heterocycles. The van der Waals surface area contributed by atoms with Gasteiger partial charge in [-0.25, -0.2) is 8.42 Å². The number of benzene rings is 2. The van der Waals surface area contributed by atoms with Crippen LogP contribution in [0, 0.1) is 12.8 Å². The van der Waals surface area contributed by atoms with E-state index >= 15 is 0 Å². The van der Waals surface area contributed by atoms with Crippen molar-refractivity contribution in [3.8, 4) is 0 Å². The van der Waals surface area contributed by atoms with E-state index in [0.717, 1.165) is 11.3 Å². The summed E-state index contributed by atoms with van der Waals surface area (Å²) in [5, 5.41) is 8.54. The van der Waals surface area contributed by atoms with Crippen LogP contribution < -0.4 is 5.32 Å². The van der Waals surface area contributed by atoms with Crippen LogP contribution in [0.4, 0.5) is 5.82 Å². The molecule has 1 saturated heterocycles.